The summed E-state index contributed by atoms with van der Waals surface area (Å²) in [6.45, 7) is 2.05. The highest BCUT2D eigenvalue weighted by molar-refractivity contribution is 6.01. The van der Waals surface area contributed by atoms with Crippen molar-refractivity contribution in [2.75, 3.05) is 0 Å². The Hall–Kier alpha value is -3.20. The Kier molecular flexibility index (Phi) is 5.07. The molecule has 1 N–H and O–H groups in total. The molecule has 1 amide bonds. The standard InChI is InChI=1S/C25H24N2O/c1-2-23(19-12-6-3-7-13-19)26-27-24(28)22-18-25(22,20-14-8-4-9-15-20)21-16-10-5-11-17-21/h3-17,22H,2,18H2,1H3,(H,27,28). The molecule has 1 aliphatic rings. The van der Waals surface area contributed by atoms with Crippen LogP contribution in [0.1, 0.15) is 36.5 Å². The molecule has 3 aromatic rings. The van der Waals surface area contributed by atoms with E-state index in [9.17, 15) is 4.79 Å². The van der Waals surface area contributed by atoms with E-state index in [1.54, 1.807) is 0 Å². The lowest BCUT2D eigenvalue weighted by Crippen LogP contribution is -2.26. The largest absolute Gasteiger partial charge is 0.273 e. The Morgan fingerprint density at radius 2 is 1.39 bits per heavy atom. The predicted molar refractivity (Wildman–Crippen MR) is 113 cm³/mol. The highest BCUT2D eigenvalue weighted by atomic mass is 16.2. The monoisotopic (exact) mass is 368 g/mol. The maximum Gasteiger partial charge on any atom is 0.244 e. The molecule has 3 nitrogen and oxygen atoms in total. The van der Waals surface area contributed by atoms with Crippen LogP contribution in [0, 0.1) is 5.92 Å². The highest BCUT2D eigenvalue weighted by Gasteiger charge is 2.60. The van der Waals surface area contributed by atoms with Gasteiger partial charge < -0.3 is 0 Å². The number of rotatable bonds is 6. The van der Waals surface area contributed by atoms with Crippen molar-refractivity contribution in [3.05, 3.63) is 108 Å². The van der Waals surface area contributed by atoms with E-state index in [2.05, 4.69) is 34.8 Å². The lowest BCUT2D eigenvalue weighted by atomic mass is 9.85. The number of carbonyl (C=O) groups is 1. The number of carbonyl (C=O) groups excluding carboxylic acids is 1. The summed E-state index contributed by atoms with van der Waals surface area (Å²) in [6.07, 6.45) is 1.56. The Bertz CT molecular complexity index is 926. The van der Waals surface area contributed by atoms with Crippen molar-refractivity contribution in [1.29, 1.82) is 0 Å². The molecular formula is C25H24N2O. The van der Waals surface area contributed by atoms with Crippen LogP contribution in [0.3, 0.4) is 0 Å². The Morgan fingerprint density at radius 1 is 0.893 bits per heavy atom. The van der Waals surface area contributed by atoms with Crippen LogP contribution in [-0.4, -0.2) is 11.6 Å². The molecule has 1 saturated carbocycles. The van der Waals surface area contributed by atoms with Gasteiger partial charge in [-0.3, -0.25) is 4.79 Å². The molecule has 0 radical (unpaired) electrons. The third-order valence-electron chi connectivity index (χ3n) is 5.60. The molecule has 0 aromatic heterocycles. The van der Waals surface area contributed by atoms with Crippen molar-refractivity contribution in [3.63, 3.8) is 0 Å². The zero-order valence-electron chi connectivity index (χ0n) is 16.0. The molecule has 3 heteroatoms. The lowest BCUT2D eigenvalue weighted by Gasteiger charge is -2.18. The van der Waals surface area contributed by atoms with Crippen molar-refractivity contribution < 1.29 is 4.79 Å². The van der Waals surface area contributed by atoms with Crippen LogP contribution in [0.25, 0.3) is 0 Å². The Labute approximate surface area is 166 Å². The van der Waals surface area contributed by atoms with E-state index in [0.29, 0.717) is 0 Å². The summed E-state index contributed by atoms with van der Waals surface area (Å²) in [4.78, 5) is 13.0. The van der Waals surface area contributed by atoms with Crippen LogP contribution < -0.4 is 5.43 Å². The van der Waals surface area contributed by atoms with Crippen molar-refractivity contribution in [1.82, 2.24) is 5.43 Å². The molecule has 1 atom stereocenters. The van der Waals surface area contributed by atoms with Gasteiger partial charge in [0.1, 0.15) is 0 Å². The van der Waals surface area contributed by atoms with E-state index in [4.69, 9.17) is 0 Å². The third kappa shape index (κ3) is 3.36. The van der Waals surface area contributed by atoms with Crippen molar-refractivity contribution in [2.45, 2.75) is 25.2 Å². The van der Waals surface area contributed by atoms with Gasteiger partial charge in [-0.15, -0.1) is 0 Å². The van der Waals surface area contributed by atoms with Gasteiger partial charge in [0.2, 0.25) is 5.91 Å². The summed E-state index contributed by atoms with van der Waals surface area (Å²) in [5.41, 5.74) is 6.87. The van der Waals surface area contributed by atoms with Gasteiger partial charge in [0.05, 0.1) is 11.6 Å². The highest BCUT2D eigenvalue weighted by Crippen LogP contribution is 2.58. The summed E-state index contributed by atoms with van der Waals surface area (Å²) in [5.74, 6) is -0.135. The second-order valence-electron chi connectivity index (χ2n) is 7.21. The molecule has 0 aliphatic heterocycles. The number of hydrogen-bond acceptors (Lipinski definition) is 2. The van der Waals surface area contributed by atoms with Gasteiger partial charge in [0.15, 0.2) is 0 Å². The lowest BCUT2D eigenvalue weighted by molar-refractivity contribution is -0.122. The normalized spacial score (nSPS) is 17.8. The summed E-state index contributed by atoms with van der Waals surface area (Å²) < 4.78 is 0. The van der Waals surface area contributed by atoms with E-state index >= 15 is 0 Å². The van der Waals surface area contributed by atoms with Gasteiger partial charge in [-0.25, -0.2) is 5.43 Å². The van der Waals surface area contributed by atoms with Gasteiger partial charge in [-0.1, -0.05) is 97.9 Å². The fourth-order valence-corrected chi connectivity index (χ4v) is 4.03. The fourth-order valence-electron chi connectivity index (χ4n) is 4.03. The summed E-state index contributed by atoms with van der Waals surface area (Å²) >= 11 is 0. The maximum atomic E-state index is 13.0. The topological polar surface area (TPSA) is 41.5 Å². The van der Waals surface area contributed by atoms with E-state index < -0.39 is 0 Å². The van der Waals surface area contributed by atoms with E-state index in [-0.39, 0.29) is 17.2 Å². The minimum atomic E-state index is -0.263. The molecule has 1 aliphatic carbocycles. The molecule has 28 heavy (non-hydrogen) atoms. The van der Waals surface area contributed by atoms with Crippen LogP contribution in [-0.2, 0) is 10.2 Å². The molecule has 1 fully saturated rings. The molecule has 1 unspecified atom stereocenters. The minimum Gasteiger partial charge on any atom is -0.273 e. The summed E-state index contributed by atoms with van der Waals surface area (Å²) in [7, 11) is 0. The van der Waals surface area contributed by atoms with Crippen molar-refractivity contribution in [3.8, 4) is 0 Å². The SMILES string of the molecule is CCC(=NNC(=O)C1CC1(c1ccccc1)c1ccccc1)c1ccccc1. The first kappa shape index (κ1) is 18.2. The predicted octanol–water partition coefficient (Wildman–Crippen LogP) is 4.92. The van der Waals surface area contributed by atoms with Crippen molar-refractivity contribution in [2.24, 2.45) is 11.0 Å². The summed E-state index contributed by atoms with van der Waals surface area (Å²) in [6, 6.07) is 30.6. The average molecular weight is 368 g/mol. The smallest absolute Gasteiger partial charge is 0.244 e. The van der Waals surface area contributed by atoms with Crippen molar-refractivity contribution >= 4 is 11.6 Å². The molecular weight excluding hydrogens is 344 g/mol. The van der Waals surface area contributed by atoms with Gasteiger partial charge in [-0.05, 0) is 29.5 Å². The van der Waals surface area contributed by atoms with Crippen LogP contribution in [0.2, 0.25) is 0 Å². The van der Waals surface area contributed by atoms with Gasteiger partial charge in [0.25, 0.3) is 0 Å². The average Bonchev–Trinajstić information content (AvgIpc) is 3.53. The Morgan fingerprint density at radius 3 is 1.89 bits per heavy atom. The number of nitrogens with zero attached hydrogens (tertiary/aromatic N) is 1. The van der Waals surface area contributed by atoms with Crippen LogP contribution >= 0.6 is 0 Å². The first-order valence-electron chi connectivity index (χ1n) is 9.78. The van der Waals surface area contributed by atoms with Gasteiger partial charge >= 0.3 is 0 Å². The van der Waals surface area contributed by atoms with Crippen LogP contribution in [0.15, 0.2) is 96.1 Å². The second-order valence-corrected chi connectivity index (χ2v) is 7.21. The van der Waals surface area contributed by atoms with E-state index in [1.807, 2.05) is 73.7 Å². The van der Waals surface area contributed by atoms with Gasteiger partial charge in [-0.2, -0.15) is 5.10 Å². The molecule has 0 heterocycles. The Balaban J connectivity index is 1.59. The van der Waals surface area contributed by atoms with Crippen LogP contribution in [0.5, 0.6) is 0 Å². The number of hydrogen-bond donors (Lipinski definition) is 1. The number of nitrogens with one attached hydrogen (secondary N) is 1. The maximum absolute atomic E-state index is 13.0. The third-order valence-corrected chi connectivity index (χ3v) is 5.60. The molecule has 0 bridgehead atoms. The number of benzene rings is 3. The first-order chi connectivity index (χ1) is 13.8. The zero-order chi connectivity index (χ0) is 19.4. The van der Waals surface area contributed by atoms with E-state index in [1.165, 1.54) is 11.1 Å². The molecule has 0 spiro atoms. The zero-order valence-corrected chi connectivity index (χ0v) is 16.0. The molecule has 3 aromatic carbocycles. The second kappa shape index (κ2) is 7.81. The number of hydrazone groups is 1. The fraction of sp³-hybridized carbons (Fsp3) is 0.200. The quantitative estimate of drug-likeness (QED) is 0.487. The molecule has 4 rings (SSSR count). The van der Waals surface area contributed by atoms with E-state index in [0.717, 1.165) is 24.1 Å². The van der Waals surface area contributed by atoms with Gasteiger partial charge in [0, 0.05) is 5.41 Å². The molecule has 0 saturated heterocycles. The molecule has 140 valence electrons. The first-order valence-corrected chi connectivity index (χ1v) is 9.78. The van der Waals surface area contributed by atoms with Crippen LogP contribution in [0.4, 0.5) is 0 Å². The minimum absolute atomic E-state index is 0.0189. The number of amides is 1. The summed E-state index contributed by atoms with van der Waals surface area (Å²) in [5, 5.41) is 4.44.